The van der Waals surface area contributed by atoms with E-state index in [9.17, 15) is 14.0 Å². The average molecular weight is 520 g/mol. The highest BCUT2D eigenvalue weighted by molar-refractivity contribution is 5.92. The molecule has 3 N–H and O–H groups in total. The quantitative estimate of drug-likeness (QED) is 0.354. The molecular weight excluding hydrogens is 485 g/mol. The maximum Gasteiger partial charge on any atom is 0.239 e. The van der Waals surface area contributed by atoms with E-state index in [0.717, 1.165) is 43.7 Å². The van der Waals surface area contributed by atoms with Gasteiger partial charge >= 0.3 is 0 Å². The van der Waals surface area contributed by atoms with Crippen molar-refractivity contribution in [2.75, 3.05) is 56.4 Å². The molecule has 38 heavy (non-hydrogen) atoms. The zero-order valence-corrected chi connectivity index (χ0v) is 21.6. The number of hydrogen-bond donors (Lipinski definition) is 3. The molecule has 1 aliphatic heterocycles. The van der Waals surface area contributed by atoms with Crippen molar-refractivity contribution in [1.82, 2.24) is 25.1 Å². The molecule has 10 heteroatoms. The Kier molecular flexibility index (Phi) is 9.71. The number of nitrogens with zero attached hydrogens (tertiary/aromatic N) is 4. The first-order valence-electron chi connectivity index (χ1n) is 12.9. The molecule has 0 saturated carbocycles. The molecule has 1 saturated heterocycles. The lowest BCUT2D eigenvalue weighted by molar-refractivity contribution is -0.119. The predicted molar refractivity (Wildman–Crippen MR) is 146 cm³/mol. The Morgan fingerprint density at radius 1 is 0.895 bits per heavy atom. The van der Waals surface area contributed by atoms with Crippen molar-refractivity contribution < 1.29 is 14.0 Å². The van der Waals surface area contributed by atoms with Crippen LogP contribution in [-0.4, -0.2) is 77.4 Å². The summed E-state index contributed by atoms with van der Waals surface area (Å²) in [5.74, 6) is 0.995. The van der Waals surface area contributed by atoms with Gasteiger partial charge in [0.25, 0.3) is 0 Å². The van der Waals surface area contributed by atoms with Gasteiger partial charge in [-0.3, -0.25) is 19.4 Å². The van der Waals surface area contributed by atoms with Crippen LogP contribution in [0.25, 0.3) is 11.4 Å². The summed E-state index contributed by atoms with van der Waals surface area (Å²) in [4.78, 5) is 37.7. The lowest BCUT2D eigenvalue weighted by atomic mass is 10.2. The maximum absolute atomic E-state index is 13.5. The molecule has 3 aromatic rings. The van der Waals surface area contributed by atoms with Gasteiger partial charge in [0.05, 0.1) is 6.54 Å². The van der Waals surface area contributed by atoms with Gasteiger partial charge in [-0.25, -0.2) is 14.4 Å². The Balaban J connectivity index is 1.35. The normalized spacial score (nSPS) is 14.5. The van der Waals surface area contributed by atoms with Crippen LogP contribution in [0.3, 0.4) is 0 Å². The third-order valence-corrected chi connectivity index (χ3v) is 6.17. The number of halogens is 1. The fraction of sp³-hybridized carbons (Fsp3) is 0.357. The topological polar surface area (TPSA) is 102 Å². The minimum absolute atomic E-state index is 0.0991. The zero-order valence-electron chi connectivity index (χ0n) is 21.6. The smallest absolute Gasteiger partial charge is 0.239 e. The second-order valence-electron chi connectivity index (χ2n) is 9.32. The van der Waals surface area contributed by atoms with Crippen LogP contribution in [0, 0.1) is 5.82 Å². The van der Waals surface area contributed by atoms with Gasteiger partial charge in [-0.1, -0.05) is 42.5 Å². The minimum atomic E-state index is -0.221. The van der Waals surface area contributed by atoms with Crippen LogP contribution in [0.5, 0.6) is 0 Å². The van der Waals surface area contributed by atoms with E-state index in [1.54, 1.807) is 18.2 Å². The third kappa shape index (κ3) is 8.60. The number of rotatable bonds is 10. The summed E-state index contributed by atoms with van der Waals surface area (Å²) in [7, 11) is 0. The van der Waals surface area contributed by atoms with E-state index in [-0.39, 0.29) is 24.2 Å². The fourth-order valence-electron chi connectivity index (χ4n) is 4.37. The largest absolute Gasteiger partial charge is 0.368 e. The van der Waals surface area contributed by atoms with E-state index >= 15 is 0 Å². The lowest BCUT2D eigenvalue weighted by Crippen LogP contribution is -2.36. The van der Waals surface area contributed by atoms with Gasteiger partial charge in [0.1, 0.15) is 17.5 Å². The van der Waals surface area contributed by atoms with Crippen molar-refractivity contribution in [1.29, 1.82) is 0 Å². The number of nitrogens with one attached hydrogen (secondary N) is 3. The van der Waals surface area contributed by atoms with Crippen molar-refractivity contribution in [2.24, 2.45) is 0 Å². The summed E-state index contributed by atoms with van der Waals surface area (Å²) in [6.07, 6.45) is 0.927. The number of carbonyl (C=O) groups is 2. The van der Waals surface area contributed by atoms with Crippen molar-refractivity contribution in [3.63, 3.8) is 0 Å². The summed E-state index contributed by atoms with van der Waals surface area (Å²) < 4.78 is 13.5. The Labute approximate surface area is 222 Å². The summed E-state index contributed by atoms with van der Waals surface area (Å²) in [5, 5.41) is 8.85. The average Bonchev–Trinajstić information content (AvgIpc) is 3.11. The molecule has 1 fully saturated rings. The minimum Gasteiger partial charge on any atom is -0.368 e. The number of anilines is 2. The van der Waals surface area contributed by atoms with Crippen molar-refractivity contribution >= 4 is 23.5 Å². The molecule has 200 valence electrons. The van der Waals surface area contributed by atoms with Crippen LogP contribution in [0.1, 0.15) is 18.9 Å². The monoisotopic (exact) mass is 519 g/mol. The SMILES string of the molecule is CC(=O)NCCNc1cc(NC(=O)CN2CCCN(Cc3cccc(F)c3)CC2)nc(-c2ccccc2)n1. The van der Waals surface area contributed by atoms with Crippen molar-refractivity contribution in [3.8, 4) is 11.4 Å². The van der Waals surface area contributed by atoms with Gasteiger partial charge in [0.2, 0.25) is 11.8 Å². The number of benzene rings is 2. The molecule has 2 aromatic carbocycles. The summed E-state index contributed by atoms with van der Waals surface area (Å²) in [6, 6.07) is 18.0. The molecule has 0 unspecified atom stereocenters. The Hall–Kier alpha value is -3.89. The molecular formula is C28H34FN7O2. The molecule has 0 aliphatic carbocycles. The van der Waals surface area contributed by atoms with Crippen LogP contribution in [0.2, 0.25) is 0 Å². The van der Waals surface area contributed by atoms with E-state index in [0.29, 0.717) is 37.1 Å². The summed E-state index contributed by atoms with van der Waals surface area (Å²) in [5.41, 5.74) is 1.79. The third-order valence-electron chi connectivity index (χ3n) is 6.17. The molecule has 1 aromatic heterocycles. The van der Waals surface area contributed by atoms with Crippen LogP contribution in [0.15, 0.2) is 60.7 Å². The number of carbonyl (C=O) groups excluding carboxylic acids is 2. The summed E-state index contributed by atoms with van der Waals surface area (Å²) in [6.45, 7) is 6.61. The molecule has 9 nitrogen and oxygen atoms in total. The second kappa shape index (κ2) is 13.6. The second-order valence-corrected chi connectivity index (χ2v) is 9.32. The molecule has 1 aliphatic rings. The molecule has 0 atom stereocenters. The maximum atomic E-state index is 13.5. The fourth-order valence-corrected chi connectivity index (χ4v) is 4.37. The Bertz CT molecular complexity index is 1220. The standard InChI is InChI=1S/C28H34FN7O2/c1-21(37)30-11-12-31-25-18-26(34-28(33-25)23-8-3-2-4-9-23)32-27(38)20-36-14-6-13-35(15-16-36)19-22-7-5-10-24(29)17-22/h2-5,7-10,17-18H,6,11-16,19-20H2,1H3,(H,30,37)(H2,31,32,33,34,38). The van der Waals surface area contributed by atoms with Gasteiger partial charge in [-0.05, 0) is 37.2 Å². The van der Waals surface area contributed by atoms with Crippen LogP contribution >= 0.6 is 0 Å². The van der Waals surface area contributed by atoms with E-state index in [2.05, 4.69) is 35.7 Å². The summed E-state index contributed by atoms with van der Waals surface area (Å²) >= 11 is 0. The van der Waals surface area contributed by atoms with E-state index in [4.69, 9.17) is 0 Å². The highest BCUT2D eigenvalue weighted by atomic mass is 19.1. The van der Waals surface area contributed by atoms with Gasteiger partial charge in [-0.15, -0.1) is 0 Å². The highest BCUT2D eigenvalue weighted by Gasteiger charge is 2.18. The molecule has 2 heterocycles. The van der Waals surface area contributed by atoms with Crippen molar-refractivity contribution in [3.05, 3.63) is 72.0 Å². The highest BCUT2D eigenvalue weighted by Crippen LogP contribution is 2.20. The molecule has 4 rings (SSSR count). The Morgan fingerprint density at radius 2 is 1.66 bits per heavy atom. The molecule has 0 bridgehead atoms. The predicted octanol–water partition coefficient (Wildman–Crippen LogP) is 2.98. The van der Waals surface area contributed by atoms with Gasteiger partial charge in [0.15, 0.2) is 5.82 Å². The van der Waals surface area contributed by atoms with E-state index in [1.807, 2.05) is 36.4 Å². The lowest BCUT2D eigenvalue weighted by Gasteiger charge is -2.21. The first-order valence-corrected chi connectivity index (χ1v) is 12.9. The number of amides is 2. The first-order chi connectivity index (χ1) is 18.4. The van der Waals surface area contributed by atoms with Crippen molar-refractivity contribution in [2.45, 2.75) is 19.9 Å². The molecule has 2 amide bonds. The van der Waals surface area contributed by atoms with Gasteiger partial charge in [-0.2, -0.15) is 0 Å². The van der Waals surface area contributed by atoms with Gasteiger partial charge in [0, 0.05) is 51.3 Å². The Morgan fingerprint density at radius 3 is 2.45 bits per heavy atom. The van der Waals surface area contributed by atoms with Crippen LogP contribution < -0.4 is 16.0 Å². The number of aromatic nitrogens is 2. The zero-order chi connectivity index (χ0) is 26.7. The van der Waals surface area contributed by atoms with Crippen LogP contribution in [0.4, 0.5) is 16.0 Å². The van der Waals surface area contributed by atoms with Gasteiger partial charge < -0.3 is 16.0 Å². The van der Waals surface area contributed by atoms with Crippen LogP contribution in [-0.2, 0) is 16.1 Å². The molecule has 0 radical (unpaired) electrons. The molecule has 0 spiro atoms. The first kappa shape index (κ1) is 27.2. The van der Waals surface area contributed by atoms with E-state index in [1.165, 1.54) is 13.0 Å². The van der Waals surface area contributed by atoms with E-state index < -0.39 is 0 Å². The number of hydrogen-bond acceptors (Lipinski definition) is 7.